The molecule has 33 heavy (non-hydrogen) atoms. The molecule has 1 aliphatic heterocycles. The molecule has 2 heterocycles. The van der Waals surface area contributed by atoms with E-state index in [2.05, 4.69) is 27.2 Å². The van der Waals surface area contributed by atoms with E-state index in [0.29, 0.717) is 33.5 Å². The van der Waals surface area contributed by atoms with Crippen LogP contribution in [0.4, 0.5) is 11.5 Å². The summed E-state index contributed by atoms with van der Waals surface area (Å²) in [5, 5.41) is 13.0. The lowest BCUT2D eigenvalue weighted by atomic mass is 10.1. The lowest BCUT2D eigenvalue weighted by molar-refractivity contribution is 0.0734. The molecule has 0 bridgehead atoms. The molecule has 1 aliphatic rings. The molecule has 2 aromatic carbocycles. The number of nitrogens with one attached hydrogen (secondary N) is 1. The summed E-state index contributed by atoms with van der Waals surface area (Å²) in [5.41, 5.74) is 2.41. The average Bonchev–Trinajstić information content (AvgIpc) is 3.26. The number of anilines is 2. The maximum absolute atomic E-state index is 13.2. The lowest BCUT2D eigenvalue weighted by Crippen LogP contribution is -2.38. The minimum atomic E-state index is -0.130. The fraction of sp³-hybridized carbons (Fsp3) is 0.292. The highest BCUT2D eigenvalue weighted by Crippen LogP contribution is 2.34. The van der Waals surface area contributed by atoms with Crippen LogP contribution in [0.15, 0.2) is 48.8 Å². The number of likely N-dealkylation sites (tertiary alicyclic amines) is 1. The van der Waals surface area contributed by atoms with Crippen molar-refractivity contribution in [2.45, 2.75) is 12.5 Å². The summed E-state index contributed by atoms with van der Waals surface area (Å²) >= 11 is 6.54. The largest absolute Gasteiger partial charge is 0.508 e. The Morgan fingerprint density at radius 2 is 2.03 bits per heavy atom. The number of halogens is 1. The van der Waals surface area contributed by atoms with Crippen LogP contribution in [-0.2, 0) is 0 Å². The Hall–Kier alpha value is -3.36. The molecule has 4 rings (SSSR count). The zero-order valence-electron chi connectivity index (χ0n) is 18.7. The molecule has 1 atom stereocenters. The smallest absolute Gasteiger partial charge is 0.257 e. The zero-order valence-corrected chi connectivity index (χ0v) is 19.5. The number of phenolic OH excluding ortho intramolecular Hbond substituents is 1. The van der Waals surface area contributed by atoms with E-state index in [1.165, 1.54) is 7.11 Å². The van der Waals surface area contributed by atoms with Crippen LogP contribution in [0.2, 0.25) is 5.02 Å². The summed E-state index contributed by atoms with van der Waals surface area (Å²) in [5.74, 6) is 0.956. The van der Waals surface area contributed by atoms with Gasteiger partial charge in [-0.1, -0.05) is 11.6 Å². The summed E-state index contributed by atoms with van der Waals surface area (Å²) in [6.45, 7) is 1.81. The van der Waals surface area contributed by atoms with Crippen LogP contribution in [0.5, 0.6) is 11.5 Å². The number of ether oxygens (including phenoxy) is 1. The van der Waals surface area contributed by atoms with E-state index in [4.69, 9.17) is 16.3 Å². The number of phenols is 1. The Morgan fingerprint density at radius 3 is 2.70 bits per heavy atom. The van der Waals surface area contributed by atoms with Gasteiger partial charge in [-0.3, -0.25) is 9.78 Å². The minimum absolute atomic E-state index is 0.130. The number of amides is 1. The van der Waals surface area contributed by atoms with Crippen molar-refractivity contribution in [3.63, 3.8) is 0 Å². The first-order valence-corrected chi connectivity index (χ1v) is 10.9. The summed E-state index contributed by atoms with van der Waals surface area (Å²) in [6.07, 6.45) is 4.15. The molecule has 2 N–H and O–H groups in total. The number of methoxy groups -OCH3 is 1. The number of carbonyl (C=O) groups is 1. The molecule has 1 saturated heterocycles. The molecular formula is C24H26ClN5O3. The van der Waals surface area contributed by atoms with E-state index < -0.39 is 0 Å². The Kier molecular flexibility index (Phi) is 6.67. The highest BCUT2D eigenvalue weighted by Gasteiger charge is 2.29. The second-order valence-corrected chi connectivity index (χ2v) is 8.52. The molecule has 3 aromatic rings. The first-order valence-electron chi connectivity index (χ1n) is 10.6. The van der Waals surface area contributed by atoms with E-state index in [-0.39, 0.29) is 17.7 Å². The van der Waals surface area contributed by atoms with Crippen molar-refractivity contribution in [3.05, 3.63) is 59.4 Å². The van der Waals surface area contributed by atoms with E-state index in [1.54, 1.807) is 53.7 Å². The van der Waals surface area contributed by atoms with Gasteiger partial charge < -0.3 is 25.0 Å². The van der Waals surface area contributed by atoms with Gasteiger partial charge in [0.15, 0.2) is 0 Å². The summed E-state index contributed by atoms with van der Waals surface area (Å²) in [7, 11) is 5.39. The maximum Gasteiger partial charge on any atom is 0.257 e. The van der Waals surface area contributed by atoms with Crippen LogP contribution in [0, 0.1) is 0 Å². The van der Waals surface area contributed by atoms with E-state index in [0.717, 1.165) is 25.1 Å². The molecular weight excluding hydrogens is 442 g/mol. The summed E-state index contributed by atoms with van der Waals surface area (Å²) in [6, 6.07) is 10.2. The Morgan fingerprint density at radius 1 is 1.27 bits per heavy atom. The number of likely N-dealkylation sites (N-methyl/N-ethyl adjacent to an activating group) is 2. The first kappa shape index (κ1) is 22.8. The molecule has 1 amide bonds. The number of hydrogen-bond donors (Lipinski definition) is 2. The van der Waals surface area contributed by atoms with Crippen LogP contribution in [0.1, 0.15) is 16.8 Å². The molecule has 0 saturated carbocycles. The molecule has 1 aromatic heterocycles. The average molecular weight is 468 g/mol. The second kappa shape index (κ2) is 9.64. The van der Waals surface area contributed by atoms with Crippen LogP contribution in [0.3, 0.4) is 0 Å². The topological polar surface area (TPSA) is 90.8 Å². The van der Waals surface area contributed by atoms with Crippen LogP contribution in [-0.4, -0.2) is 71.1 Å². The van der Waals surface area contributed by atoms with E-state index in [9.17, 15) is 9.90 Å². The molecule has 0 radical (unpaired) electrons. The zero-order chi connectivity index (χ0) is 23.5. The number of nitrogens with zero attached hydrogens (tertiary/aromatic N) is 4. The van der Waals surface area contributed by atoms with Crippen LogP contribution < -0.4 is 10.1 Å². The standard InChI is InChI=1S/C24H26ClN5O3/c1-29-9-8-16(14-29)30(2)24(32)18-10-19(25)20(11-22(18)33-3)27-23-13-26-12-21(28-23)15-4-6-17(31)7-5-15/h4-7,10-13,16,31H,8-9,14H2,1-3H3,(H,27,28). The number of hydrogen-bond acceptors (Lipinski definition) is 7. The predicted octanol–water partition coefficient (Wildman–Crippen LogP) is 4.03. The van der Waals surface area contributed by atoms with Crippen molar-refractivity contribution in [2.75, 3.05) is 39.6 Å². The molecule has 9 heteroatoms. The van der Waals surface area contributed by atoms with Gasteiger partial charge in [-0.15, -0.1) is 0 Å². The quantitative estimate of drug-likeness (QED) is 0.565. The van der Waals surface area contributed by atoms with Gasteiger partial charge in [0.25, 0.3) is 5.91 Å². The van der Waals surface area contributed by atoms with Gasteiger partial charge in [-0.05, 0) is 50.3 Å². The fourth-order valence-corrected chi connectivity index (χ4v) is 4.12. The minimum Gasteiger partial charge on any atom is -0.508 e. The highest BCUT2D eigenvalue weighted by atomic mass is 35.5. The third-order valence-electron chi connectivity index (χ3n) is 5.81. The number of aromatic hydroxyl groups is 1. The van der Waals surface area contributed by atoms with Gasteiger partial charge in [0.05, 0.1) is 41.5 Å². The van der Waals surface area contributed by atoms with Gasteiger partial charge in [0, 0.05) is 31.3 Å². The first-order chi connectivity index (χ1) is 15.9. The third-order valence-corrected chi connectivity index (χ3v) is 6.13. The van der Waals surface area contributed by atoms with Crippen molar-refractivity contribution in [1.29, 1.82) is 0 Å². The van der Waals surface area contributed by atoms with Crippen LogP contribution in [0.25, 0.3) is 11.3 Å². The van der Waals surface area contributed by atoms with Gasteiger partial charge >= 0.3 is 0 Å². The second-order valence-electron chi connectivity index (χ2n) is 8.11. The normalized spacial score (nSPS) is 15.9. The van der Waals surface area contributed by atoms with Gasteiger partial charge in [-0.2, -0.15) is 0 Å². The summed E-state index contributed by atoms with van der Waals surface area (Å²) < 4.78 is 5.52. The van der Waals surface area contributed by atoms with Gasteiger partial charge in [-0.25, -0.2) is 4.98 Å². The molecule has 0 aliphatic carbocycles. The van der Waals surface area contributed by atoms with Crippen molar-refractivity contribution in [1.82, 2.24) is 19.8 Å². The van der Waals surface area contributed by atoms with E-state index >= 15 is 0 Å². The van der Waals surface area contributed by atoms with Crippen molar-refractivity contribution in [2.24, 2.45) is 0 Å². The predicted molar refractivity (Wildman–Crippen MR) is 128 cm³/mol. The fourth-order valence-electron chi connectivity index (χ4n) is 3.90. The van der Waals surface area contributed by atoms with E-state index in [1.807, 2.05) is 7.05 Å². The number of carbonyl (C=O) groups excluding carboxylic acids is 1. The molecule has 0 spiro atoms. The lowest BCUT2D eigenvalue weighted by Gasteiger charge is -2.25. The number of aromatic nitrogens is 2. The maximum atomic E-state index is 13.2. The Bertz CT molecular complexity index is 1160. The summed E-state index contributed by atoms with van der Waals surface area (Å²) in [4.78, 5) is 26.0. The SMILES string of the molecule is COc1cc(Nc2cncc(-c3ccc(O)cc3)n2)c(Cl)cc1C(=O)N(C)C1CCN(C)C1. The third kappa shape index (κ3) is 5.02. The molecule has 8 nitrogen and oxygen atoms in total. The van der Waals surface area contributed by atoms with Crippen molar-refractivity contribution < 1.29 is 14.6 Å². The molecule has 1 fully saturated rings. The Balaban J connectivity index is 1.58. The van der Waals surface area contributed by atoms with Crippen molar-refractivity contribution in [3.8, 4) is 22.8 Å². The Labute approximate surface area is 197 Å². The highest BCUT2D eigenvalue weighted by molar-refractivity contribution is 6.33. The molecule has 1 unspecified atom stereocenters. The van der Waals surface area contributed by atoms with Crippen molar-refractivity contribution >= 4 is 29.0 Å². The van der Waals surface area contributed by atoms with Crippen LogP contribution >= 0.6 is 11.6 Å². The molecule has 172 valence electrons. The number of benzene rings is 2. The monoisotopic (exact) mass is 467 g/mol. The number of rotatable bonds is 6. The van der Waals surface area contributed by atoms with Gasteiger partial charge in [0.2, 0.25) is 0 Å². The van der Waals surface area contributed by atoms with Gasteiger partial charge in [0.1, 0.15) is 17.3 Å².